The zero-order chi connectivity index (χ0) is 29.4. The summed E-state index contributed by atoms with van der Waals surface area (Å²) >= 11 is 7.14. The molecule has 8 nitrogen and oxygen atoms in total. The molecular weight excluding hydrogens is 546 g/mol. The van der Waals surface area contributed by atoms with Crippen LogP contribution in [0.3, 0.4) is 0 Å². The van der Waals surface area contributed by atoms with Gasteiger partial charge >= 0.3 is 5.97 Å². The van der Waals surface area contributed by atoms with Crippen molar-refractivity contribution in [2.45, 2.75) is 70.9 Å². The van der Waals surface area contributed by atoms with E-state index in [1.165, 1.54) is 19.4 Å². The molecule has 6 atom stereocenters. The number of anilines is 1. The molecule has 2 N–H and O–H groups in total. The molecule has 41 heavy (non-hydrogen) atoms. The van der Waals surface area contributed by atoms with Crippen molar-refractivity contribution in [1.82, 2.24) is 0 Å². The Balaban J connectivity index is 1.53. The third-order valence-corrected chi connectivity index (χ3v) is 9.38. The molecule has 5 rings (SSSR count). The lowest BCUT2D eigenvalue weighted by atomic mass is 9.53. The van der Waals surface area contributed by atoms with E-state index in [9.17, 15) is 14.7 Å². The first kappa shape index (κ1) is 29.6. The number of hydrogen-bond donors (Lipinski definition) is 2. The third kappa shape index (κ3) is 5.27. The SMILES string of the molecule is CCC1CC2CC(C)CC(C2)C12OOC2(OC)c1ccc(/C=C/C(=O)O)c(OCc2ccc(NC(C)=O)cc2)c1Cl. The van der Waals surface area contributed by atoms with Gasteiger partial charge in [-0.3, -0.25) is 4.79 Å². The lowest BCUT2D eigenvalue weighted by Gasteiger charge is -2.65. The number of halogens is 1. The summed E-state index contributed by atoms with van der Waals surface area (Å²) in [7, 11) is 1.63. The molecule has 2 aromatic rings. The van der Waals surface area contributed by atoms with E-state index in [2.05, 4.69) is 19.2 Å². The zero-order valence-electron chi connectivity index (χ0n) is 23.9. The third-order valence-electron chi connectivity index (χ3n) is 9.01. The van der Waals surface area contributed by atoms with Crippen molar-refractivity contribution in [3.05, 3.63) is 64.2 Å². The molecule has 3 aliphatic rings. The second-order valence-electron chi connectivity index (χ2n) is 11.7. The van der Waals surface area contributed by atoms with E-state index in [0.29, 0.717) is 34.4 Å². The maximum Gasteiger partial charge on any atom is 0.328 e. The second-order valence-corrected chi connectivity index (χ2v) is 12.1. The Bertz CT molecular complexity index is 1320. The fourth-order valence-corrected chi connectivity index (χ4v) is 7.77. The molecule has 1 amide bonds. The molecule has 1 saturated heterocycles. The molecule has 0 aromatic heterocycles. The largest absolute Gasteiger partial charge is 0.487 e. The van der Waals surface area contributed by atoms with Crippen LogP contribution in [0.4, 0.5) is 5.69 Å². The van der Waals surface area contributed by atoms with Crippen LogP contribution in [0.2, 0.25) is 5.02 Å². The van der Waals surface area contributed by atoms with Crippen molar-refractivity contribution < 1.29 is 33.9 Å². The predicted octanol–water partition coefficient (Wildman–Crippen LogP) is 6.96. The highest BCUT2D eigenvalue weighted by Crippen LogP contribution is 2.66. The van der Waals surface area contributed by atoms with Crippen molar-refractivity contribution in [2.24, 2.45) is 23.7 Å². The van der Waals surface area contributed by atoms with Gasteiger partial charge in [0.1, 0.15) is 12.4 Å². The van der Waals surface area contributed by atoms with Crippen LogP contribution in [0.15, 0.2) is 42.5 Å². The summed E-state index contributed by atoms with van der Waals surface area (Å²) in [6.07, 6.45) is 7.79. The van der Waals surface area contributed by atoms with Gasteiger partial charge in [-0.2, -0.15) is 4.89 Å². The summed E-state index contributed by atoms with van der Waals surface area (Å²) in [4.78, 5) is 34.9. The number of hydrogen-bond acceptors (Lipinski definition) is 6. The van der Waals surface area contributed by atoms with Gasteiger partial charge in [0, 0.05) is 36.9 Å². The molecule has 2 aromatic carbocycles. The number of carboxylic acid groups (broad SMARTS) is 1. The normalized spacial score (nSPS) is 30.7. The quantitative estimate of drug-likeness (QED) is 0.243. The van der Waals surface area contributed by atoms with Gasteiger partial charge in [-0.25, -0.2) is 9.68 Å². The number of carbonyl (C=O) groups excluding carboxylic acids is 1. The maximum absolute atomic E-state index is 11.4. The lowest BCUT2D eigenvalue weighted by Crippen LogP contribution is -2.74. The number of nitrogens with one attached hydrogen (secondary N) is 1. The number of carbonyl (C=O) groups is 2. The highest BCUT2D eigenvalue weighted by molar-refractivity contribution is 6.33. The summed E-state index contributed by atoms with van der Waals surface area (Å²) in [5.41, 5.74) is 1.94. The molecule has 220 valence electrons. The Hall–Kier alpha value is -2.91. The van der Waals surface area contributed by atoms with Gasteiger partial charge in [0.15, 0.2) is 5.60 Å². The number of ether oxygens (including phenoxy) is 2. The molecule has 3 fully saturated rings. The molecule has 9 heteroatoms. The number of carboxylic acids is 1. The van der Waals surface area contributed by atoms with Crippen LogP contribution in [0.25, 0.3) is 6.08 Å². The van der Waals surface area contributed by atoms with Crippen molar-refractivity contribution >= 4 is 35.2 Å². The summed E-state index contributed by atoms with van der Waals surface area (Å²) < 4.78 is 12.5. The zero-order valence-corrected chi connectivity index (χ0v) is 24.7. The first-order chi connectivity index (χ1) is 19.6. The van der Waals surface area contributed by atoms with Gasteiger partial charge in [0.05, 0.1) is 5.02 Å². The van der Waals surface area contributed by atoms with E-state index in [1.54, 1.807) is 25.3 Å². The highest BCUT2D eigenvalue weighted by Gasteiger charge is 2.74. The Morgan fingerprint density at radius 3 is 2.49 bits per heavy atom. The molecule has 1 heterocycles. The second kappa shape index (κ2) is 11.8. The number of benzene rings is 2. The highest BCUT2D eigenvalue weighted by atomic mass is 35.5. The van der Waals surface area contributed by atoms with Gasteiger partial charge in [0.25, 0.3) is 5.79 Å². The van der Waals surface area contributed by atoms with Crippen LogP contribution in [0.1, 0.15) is 69.6 Å². The van der Waals surface area contributed by atoms with Crippen LogP contribution in [0.5, 0.6) is 5.75 Å². The van der Waals surface area contributed by atoms with Gasteiger partial charge in [0.2, 0.25) is 5.91 Å². The first-order valence-corrected chi connectivity index (χ1v) is 14.7. The van der Waals surface area contributed by atoms with E-state index in [4.69, 9.17) is 30.8 Å². The Kier molecular flexibility index (Phi) is 8.48. The number of rotatable bonds is 9. The molecule has 2 aliphatic carbocycles. The number of aliphatic carboxylic acids is 1. The van der Waals surface area contributed by atoms with Crippen molar-refractivity contribution in [2.75, 3.05) is 12.4 Å². The van der Waals surface area contributed by atoms with E-state index < -0.39 is 17.4 Å². The average Bonchev–Trinajstić information content (AvgIpc) is 2.92. The maximum atomic E-state index is 11.4. The Morgan fingerprint density at radius 2 is 1.88 bits per heavy atom. The van der Waals surface area contributed by atoms with Gasteiger partial charge < -0.3 is 19.9 Å². The fourth-order valence-electron chi connectivity index (χ4n) is 7.42. The van der Waals surface area contributed by atoms with E-state index >= 15 is 0 Å². The fraction of sp³-hybridized carbons (Fsp3) is 0.500. The minimum absolute atomic E-state index is 0.152. The summed E-state index contributed by atoms with van der Waals surface area (Å²) in [5, 5.41) is 12.3. The summed E-state index contributed by atoms with van der Waals surface area (Å²) in [6.45, 7) is 6.11. The van der Waals surface area contributed by atoms with Crippen LogP contribution in [0, 0.1) is 23.7 Å². The van der Waals surface area contributed by atoms with Crippen molar-refractivity contribution in [1.29, 1.82) is 0 Å². The number of amides is 1. The summed E-state index contributed by atoms with van der Waals surface area (Å²) in [5.74, 6) is -0.421. The molecule has 6 unspecified atom stereocenters. The van der Waals surface area contributed by atoms with Crippen molar-refractivity contribution in [3.63, 3.8) is 0 Å². The van der Waals surface area contributed by atoms with Gasteiger partial charge in [-0.1, -0.05) is 56.1 Å². The van der Waals surface area contributed by atoms with E-state index in [-0.39, 0.29) is 29.4 Å². The molecule has 2 saturated carbocycles. The standard InChI is InChI=1S/C32H38ClNO7/c1-5-24-16-22-14-19(2)15-25(17-22)31(24)32(38-4,41-40-31)27-12-8-23(9-13-28(36)37)30(29(27)33)39-18-21-6-10-26(11-7-21)34-20(3)35/h6-13,19,22,24-25H,5,14-18H2,1-4H3,(H,34,35)(H,36,37)/b13-9+. The Morgan fingerprint density at radius 1 is 1.12 bits per heavy atom. The van der Waals surface area contributed by atoms with Crippen LogP contribution in [-0.4, -0.2) is 29.7 Å². The molecule has 2 bridgehead atoms. The lowest BCUT2D eigenvalue weighted by molar-refractivity contribution is -0.642. The van der Waals surface area contributed by atoms with Gasteiger partial charge in [-0.15, -0.1) is 0 Å². The number of fused-ring (bicyclic) bond motifs is 3. The Labute approximate surface area is 245 Å². The molecule has 0 radical (unpaired) electrons. The smallest absolute Gasteiger partial charge is 0.328 e. The average molecular weight is 584 g/mol. The van der Waals surface area contributed by atoms with Crippen LogP contribution in [-0.2, 0) is 36.5 Å². The van der Waals surface area contributed by atoms with Crippen molar-refractivity contribution in [3.8, 4) is 5.75 Å². The minimum Gasteiger partial charge on any atom is -0.487 e. The molecule has 1 aliphatic heterocycles. The first-order valence-electron chi connectivity index (χ1n) is 14.3. The molecule has 1 spiro atoms. The summed E-state index contributed by atoms with van der Waals surface area (Å²) in [6, 6.07) is 10.9. The topological polar surface area (TPSA) is 103 Å². The van der Waals surface area contributed by atoms with E-state index in [1.807, 2.05) is 18.2 Å². The van der Waals surface area contributed by atoms with Gasteiger partial charge in [-0.05, 0) is 73.1 Å². The minimum atomic E-state index is -1.23. The van der Waals surface area contributed by atoms with Crippen LogP contribution >= 0.6 is 11.6 Å². The molecular formula is C32H38ClNO7. The predicted molar refractivity (Wildman–Crippen MR) is 155 cm³/mol. The van der Waals surface area contributed by atoms with E-state index in [0.717, 1.165) is 37.3 Å². The van der Waals surface area contributed by atoms with Crippen LogP contribution < -0.4 is 10.1 Å². The monoisotopic (exact) mass is 583 g/mol. The number of methoxy groups -OCH3 is 1.